The van der Waals surface area contributed by atoms with Crippen LogP contribution in [0.1, 0.15) is 33.6 Å². The minimum atomic E-state index is -0.217. The summed E-state index contributed by atoms with van der Waals surface area (Å²) in [7, 11) is 0. The van der Waals surface area contributed by atoms with Crippen molar-refractivity contribution < 1.29 is 9.53 Å². The Bertz CT molecular complexity index is 170. The summed E-state index contributed by atoms with van der Waals surface area (Å²) in [6.07, 6.45) is 2.40. The van der Waals surface area contributed by atoms with Gasteiger partial charge in [0.05, 0.1) is 6.26 Å². The van der Waals surface area contributed by atoms with E-state index in [9.17, 15) is 4.79 Å². The maximum Gasteiger partial charge on any atom is 0.310 e. The smallest absolute Gasteiger partial charge is 0.310 e. The number of hydrogen-bond donors (Lipinski definition) is 1. The Kier molecular flexibility index (Phi) is 5.39. The zero-order chi connectivity index (χ0) is 10.3. The second-order valence-corrected chi connectivity index (χ2v) is 3.94. The Balaban J connectivity index is 3.36. The first-order valence-electron chi connectivity index (χ1n) is 4.51. The van der Waals surface area contributed by atoms with Gasteiger partial charge in [-0.05, 0) is 33.7 Å². The SMILES string of the molecule is C=COC(=O)CCCNC(C)(C)C. The summed E-state index contributed by atoms with van der Waals surface area (Å²) in [4.78, 5) is 10.8. The Hall–Kier alpha value is -0.830. The molecule has 0 atom stereocenters. The molecule has 0 radical (unpaired) electrons. The van der Waals surface area contributed by atoms with Crippen LogP contribution in [-0.2, 0) is 9.53 Å². The minimum Gasteiger partial charge on any atom is -0.435 e. The van der Waals surface area contributed by atoms with Gasteiger partial charge in [0.2, 0.25) is 0 Å². The van der Waals surface area contributed by atoms with Gasteiger partial charge in [-0.3, -0.25) is 4.79 Å². The second-order valence-electron chi connectivity index (χ2n) is 3.94. The molecular weight excluding hydrogens is 166 g/mol. The van der Waals surface area contributed by atoms with Crippen molar-refractivity contribution >= 4 is 5.97 Å². The molecule has 1 N–H and O–H groups in total. The van der Waals surface area contributed by atoms with Gasteiger partial charge in [-0.15, -0.1) is 0 Å². The highest BCUT2D eigenvalue weighted by molar-refractivity contribution is 5.69. The number of carbonyl (C=O) groups excluding carboxylic acids is 1. The Morgan fingerprint density at radius 3 is 2.62 bits per heavy atom. The number of ether oxygens (including phenoxy) is 1. The highest BCUT2D eigenvalue weighted by Crippen LogP contribution is 1.99. The molecule has 0 aromatic rings. The van der Waals surface area contributed by atoms with E-state index in [-0.39, 0.29) is 11.5 Å². The van der Waals surface area contributed by atoms with Crippen LogP contribution in [0.3, 0.4) is 0 Å². The molecule has 3 heteroatoms. The zero-order valence-electron chi connectivity index (χ0n) is 8.72. The van der Waals surface area contributed by atoms with Gasteiger partial charge in [0.1, 0.15) is 0 Å². The molecule has 3 nitrogen and oxygen atoms in total. The first-order valence-corrected chi connectivity index (χ1v) is 4.51. The van der Waals surface area contributed by atoms with E-state index in [1.807, 2.05) is 0 Å². The lowest BCUT2D eigenvalue weighted by Gasteiger charge is -2.20. The monoisotopic (exact) mass is 185 g/mol. The van der Waals surface area contributed by atoms with Crippen LogP contribution in [0.5, 0.6) is 0 Å². The summed E-state index contributed by atoms with van der Waals surface area (Å²) >= 11 is 0. The first kappa shape index (κ1) is 12.2. The summed E-state index contributed by atoms with van der Waals surface area (Å²) in [6.45, 7) is 10.4. The van der Waals surface area contributed by atoms with Crippen LogP contribution in [0.25, 0.3) is 0 Å². The first-order chi connectivity index (χ1) is 5.95. The Morgan fingerprint density at radius 2 is 2.15 bits per heavy atom. The molecule has 0 fully saturated rings. The van der Waals surface area contributed by atoms with Crippen molar-refractivity contribution in [1.29, 1.82) is 0 Å². The molecule has 0 rings (SSSR count). The van der Waals surface area contributed by atoms with Gasteiger partial charge in [0.25, 0.3) is 0 Å². The van der Waals surface area contributed by atoms with Gasteiger partial charge in [-0.2, -0.15) is 0 Å². The van der Waals surface area contributed by atoms with Crippen molar-refractivity contribution in [2.45, 2.75) is 39.2 Å². The van der Waals surface area contributed by atoms with Crippen LogP contribution in [0.2, 0.25) is 0 Å². The van der Waals surface area contributed by atoms with Crippen molar-refractivity contribution in [2.24, 2.45) is 0 Å². The van der Waals surface area contributed by atoms with Crippen LogP contribution in [0.4, 0.5) is 0 Å². The fourth-order valence-electron chi connectivity index (χ4n) is 0.848. The Morgan fingerprint density at radius 1 is 1.54 bits per heavy atom. The number of carbonyl (C=O) groups is 1. The van der Waals surface area contributed by atoms with E-state index < -0.39 is 0 Å². The van der Waals surface area contributed by atoms with E-state index in [1.165, 1.54) is 6.26 Å². The normalized spacial score (nSPS) is 11.0. The molecule has 0 saturated carbocycles. The van der Waals surface area contributed by atoms with Crippen molar-refractivity contribution in [3.8, 4) is 0 Å². The molecular formula is C10H19NO2. The summed E-state index contributed by atoms with van der Waals surface area (Å²) in [5, 5.41) is 3.29. The average Bonchev–Trinajstić information content (AvgIpc) is 1.97. The number of hydrogen-bond acceptors (Lipinski definition) is 3. The largest absolute Gasteiger partial charge is 0.435 e. The zero-order valence-corrected chi connectivity index (χ0v) is 8.72. The molecule has 0 heterocycles. The van der Waals surface area contributed by atoms with Crippen LogP contribution in [0.15, 0.2) is 12.8 Å². The third-order valence-electron chi connectivity index (χ3n) is 1.43. The molecule has 0 unspecified atom stereocenters. The Labute approximate surface area is 80.2 Å². The summed E-state index contributed by atoms with van der Waals surface area (Å²) in [5.41, 5.74) is 0.113. The molecule has 76 valence electrons. The minimum absolute atomic E-state index is 0.113. The highest BCUT2D eigenvalue weighted by atomic mass is 16.5. The van der Waals surface area contributed by atoms with Crippen LogP contribution in [-0.4, -0.2) is 18.1 Å². The van der Waals surface area contributed by atoms with E-state index in [2.05, 4.69) is 37.4 Å². The molecule has 0 aliphatic heterocycles. The summed E-state index contributed by atoms with van der Waals surface area (Å²) < 4.78 is 4.57. The molecule has 0 bridgehead atoms. The van der Waals surface area contributed by atoms with Crippen LogP contribution < -0.4 is 5.32 Å². The second kappa shape index (κ2) is 5.75. The molecule has 0 aliphatic rings. The summed E-state index contributed by atoms with van der Waals surface area (Å²) in [5.74, 6) is -0.217. The number of esters is 1. The molecule has 0 amide bonds. The van der Waals surface area contributed by atoms with Crippen molar-refractivity contribution in [3.05, 3.63) is 12.8 Å². The quantitative estimate of drug-likeness (QED) is 0.403. The topological polar surface area (TPSA) is 38.3 Å². The van der Waals surface area contributed by atoms with E-state index in [0.717, 1.165) is 13.0 Å². The standard InChI is InChI=1S/C10H19NO2/c1-5-13-9(12)7-6-8-11-10(2,3)4/h5,11H,1,6-8H2,2-4H3. The van der Waals surface area contributed by atoms with Gasteiger partial charge in [0, 0.05) is 12.0 Å². The van der Waals surface area contributed by atoms with Crippen LogP contribution in [0, 0.1) is 0 Å². The lowest BCUT2D eigenvalue weighted by molar-refractivity contribution is -0.138. The van der Waals surface area contributed by atoms with E-state index in [1.54, 1.807) is 0 Å². The molecule has 0 aromatic carbocycles. The maximum atomic E-state index is 10.8. The van der Waals surface area contributed by atoms with E-state index in [4.69, 9.17) is 0 Å². The molecule has 0 spiro atoms. The van der Waals surface area contributed by atoms with Gasteiger partial charge >= 0.3 is 5.97 Å². The van der Waals surface area contributed by atoms with E-state index in [0.29, 0.717) is 6.42 Å². The highest BCUT2D eigenvalue weighted by Gasteiger charge is 2.08. The predicted molar refractivity (Wildman–Crippen MR) is 53.3 cm³/mol. The van der Waals surface area contributed by atoms with Gasteiger partial charge in [-0.25, -0.2) is 0 Å². The van der Waals surface area contributed by atoms with Gasteiger partial charge in [0.15, 0.2) is 0 Å². The maximum absolute atomic E-state index is 10.8. The fraction of sp³-hybridized carbons (Fsp3) is 0.700. The molecule has 0 aromatic heterocycles. The fourth-order valence-corrected chi connectivity index (χ4v) is 0.848. The third kappa shape index (κ3) is 9.08. The summed E-state index contributed by atoms with van der Waals surface area (Å²) in [6, 6.07) is 0. The van der Waals surface area contributed by atoms with Crippen molar-refractivity contribution in [3.63, 3.8) is 0 Å². The lowest BCUT2D eigenvalue weighted by atomic mass is 10.1. The molecule has 0 aliphatic carbocycles. The number of nitrogens with one attached hydrogen (secondary N) is 1. The lowest BCUT2D eigenvalue weighted by Crippen LogP contribution is -2.36. The van der Waals surface area contributed by atoms with Gasteiger partial charge < -0.3 is 10.1 Å². The third-order valence-corrected chi connectivity index (χ3v) is 1.43. The van der Waals surface area contributed by atoms with Gasteiger partial charge in [-0.1, -0.05) is 6.58 Å². The van der Waals surface area contributed by atoms with E-state index >= 15 is 0 Å². The molecule has 13 heavy (non-hydrogen) atoms. The van der Waals surface area contributed by atoms with Crippen molar-refractivity contribution in [1.82, 2.24) is 5.32 Å². The number of rotatable bonds is 5. The predicted octanol–water partition coefficient (Wildman–Crippen LogP) is 1.84. The molecule has 0 saturated heterocycles. The van der Waals surface area contributed by atoms with Crippen LogP contribution >= 0.6 is 0 Å². The average molecular weight is 185 g/mol. The van der Waals surface area contributed by atoms with Crippen molar-refractivity contribution in [2.75, 3.05) is 6.54 Å².